The quantitative estimate of drug-likeness (QED) is 0.696. The molecular formula is C10H15NO2. The zero-order valence-electron chi connectivity index (χ0n) is 7.89. The van der Waals surface area contributed by atoms with Crippen molar-refractivity contribution in [3.63, 3.8) is 0 Å². The van der Waals surface area contributed by atoms with Crippen molar-refractivity contribution in [2.45, 2.75) is 26.2 Å². The summed E-state index contributed by atoms with van der Waals surface area (Å²) < 4.78 is 0. The first-order chi connectivity index (χ1) is 6.11. The van der Waals surface area contributed by atoms with Gasteiger partial charge in [0.1, 0.15) is 6.54 Å². The van der Waals surface area contributed by atoms with Gasteiger partial charge in [0.05, 0.1) is 0 Å². The van der Waals surface area contributed by atoms with Crippen LogP contribution in [-0.2, 0) is 4.79 Å². The van der Waals surface area contributed by atoms with E-state index in [2.05, 4.69) is 11.9 Å². The van der Waals surface area contributed by atoms with Crippen LogP contribution in [0.3, 0.4) is 0 Å². The van der Waals surface area contributed by atoms with E-state index in [9.17, 15) is 4.79 Å². The Hall–Kier alpha value is -1.25. The lowest BCUT2D eigenvalue weighted by molar-refractivity contribution is -0.135. The molecule has 0 saturated carbocycles. The van der Waals surface area contributed by atoms with Gasteiger partial charge in [-0.05, 0) is 31.8 Å². The van der Waals surface area contributed by atoms with Crippen molar-refractivity contribution in [1.29, 1.82) is 0 Å². The Kier molecular flexibility index (Phi) is 3.12. The highest BCUT2D eigenvalue weighted by molar-refractivity contribution is 5.69. The van der Waals surface area contributed by atoms with E-state index in [-0.39, 0.29) is 6.54 Å². The molecule has 0 aromatic carbocycles. The molecule has 0 bridgehead atoms. The van der Waals surface area contributed by atoms with Crippen LogP contribution in [0.4, 0.5) is 0 Å². The normalized spacial score (nSPS) is 17.5. The number of carbonyl (C=O) groups is 1. The third kappa shape index (κ3) is 2.61. The van der Waals surface area contributed by atoms with E-state index in [4.69, 9.17) is 5.11 Å². The lowest BCUT2D eigenvalue weighted by Gasteiger charge is -2.20. The molecule has 0 fully saturated rings. The van der Waals surface area contributed by atoms with E-state index in [1.807, 2.05) is 6.92 Å². The first-order valence-electron chi connectivity index (χ1n) is 4.45. The third-order valence-electron chi connectivity index (χ3n) is 2.34. The summed E-state index contributed by atoms with van der Waals surface area (Å²) in [5.41, 5.74) is 3.30. The Morgan fingerprint density at radius 2 is 2.31 bits per heavy atom. The SMILES string of the molecule is C=C1CCCC(NCC(=O)O)=C1C. The van der Waals surface area contributed by atoms with Gasteiger partial charge in [0, 0.05) is 5.70 Å². The standard InChI is InChI=1S/C10H15NO2/c1-7-4-3-5-9(8(7)2)11-6-10(12)13/h11H,1,3-6H2,2H3,(H,12,13). The molecule has 0 aromatic rings. The Balaban J connectivity index is 2.61. The molecule has 0 aliphatic heterocycles. The van der Waals surface area contributed by atoms with E-state index < -0.39 is 5.97 Å². The average molecular weight is 181 g/mol. The summed E-state index contributed by atoms with van der Waals surface area (Å²) in [4.78, 5) is 10.3. The molecule has 13 heavy (non-hydrogen) atoms. The lowest BCUT2D eigenvalue weighted by atomic mass is 9.93. The van der Waals surface area contributed by atoms with E-state index in [1.165, 1.54) is 0 Å². The van der Waals surface area contributed by atoms with Crippen LogP contribution in [0.15, 0.2) is 23.4 Å². The molecule has 3 heteroatoms. The molecule has 1 aliphatic rings. The van der Waals surface area contributed by atoms with E-state index in [1.54, 1.807) is 0 Å². The Bertz CT molecular complexity index is 266. The molecule has 0 unspecified atom stereocenters. The van der Waals surface area contributed by atoms with E-state index >= 15 is 0 Å². The van der Waals surface area contributed by atoms with E-state index in [0.29, 0.717) is 0 Å². The summed E-state index contributed by atoms with van der Waals surface area (Å²) in [7, 11) is 0. The van der Waals surface area contributed by atoms with Crippen molar-refractivity contribution in [2.24, 2.45) is 0 Å². The first-order valence-corrected chi connectivity index (χ1v) is 4.45. The smallest absolute Gasteiger partial charge is 0.322 e. The molecule has 0 amide bonds. The molecule has 0 spiro atoms. The highest BCUT2D eigenvalue weighted by atomic mass is 16.4. The first kappa shape index (κ1) is 9.84. The minimum absolute atomic E-state index is 0.0000463. The van der Waals surface area contributed by atoms with Crippen LogP contribution in [0.1, 0.15) is 26.2 Å². The molecule has 2 N–H and O–H groups in total. The number of rotatable bonds is 3. The summed E-state index contributed by atoms with van der Waals surface area (Å²) in [5, 5.41) is 11.4. The molecule has 1 rings (SSSR count). The molecular weight excluding hydrogens is 166 g/mol. The number of allylic oxidation sites excluding steroid dienone is 3. The maximum atomic E-state index is 10.3. The van der Waals surface area contributed by atoms with Gasteiger partial charge in [-0.2, -0.15) is 0 Å². The molecule has 0 atom stereocenters. The number of aliphatic carboxylic acids is 1. The summed E-state index contributed by atoms with van der Waals surface area (Å²) in [6.07, 6.45) is 3.04. The van der Waals surface area contributed by atoms with Crippen LogP contribution in [0.5, 0.6) is 0 Å². The van der Waals surface area contributed by atoms with Crippen molar-refractivity contribution >= 4 is 5.97 Å². The van der Waals surface area contributed by atoms with Gasteiger partial charge in [-0.25, -0.2) is 0 Å². The molecule has 0 heterocycles. The van der Waals surface area contributed by atoms with Crippen molar-refractivity contribution in [3.8, 4) is 0 Å². The highest BCUT2D eigenvalue weighted by Gasteiger charge is 2.12. The maximum absolute atomic E-state index is 10.3. The van der Waals surface area contributed by atoms with Gasteiger partial charge in [0.15, 0.2) is 0 Å². The zero-order chi connectivity index (χ0) is 9.84. The summed E-state index contributed by atoms with van der Waals surface area (Å²) >= 11 is 0. The van der Waals surface area contributed by atoms with Crippen LogP contribution >= 0.6 is 0 Å². The van der Waals surface area contributed by atoms with Crippen LogP contribution in [0, 0.1) is 0 Å². The molecule has 72 valence electrons. The number of carboxylic acids is 1. The maximum Gasteiger partial charge on any atom is 0.322 e. The van der Waals surface area contributed by atoms with Crippen LogP contribution in [0.2, 0.25) is 0 Å². The van der Waals surface area contributed by atoms with Crippen LogP contribution in [0.25, 0.3) is 0 Å². The molecule has 1 aliphatic carbocycles. The fourth-order valence-electron chi connectivity index (χ4n) is 1.47. The predicted octanol–water partition coefficient (Wildman–Crippen LogP) is 1.67. The average Bonchev–Trinajstić information content (AvgIpc) is 2.07. The topological polar surface area (TPSA) is 49.3 Å². The van der Waals surface area contributed by atoms with Crippen molar-refractivity contribution in [1.82, 2.24) is 5.32 Å². The Labute approximate surface area is 78.1 Å². The lowest BCUT2D eigenvalue weighted by Crippen LogP contribution is -2.24. The Morgan fingerprint density at radius 3 is 2.92 bits per heavy atom. The number of nitrogens with one attached hydrogen (secondary N) is 1. The molecule has 0 aromatic heterocycles. The number of hydrogen-bond acceptors (Lipinski definition) is 2. The van der Waals surface area contributed by atoms with Gasteiger partial charge in [0.25, 0.3) is 0 Å². The highest BCUT2D eigenvalue weighted by Crippen LogP contribution is 2.25. The monoisotopic (exact) mass is 181 g/mol. The second kappa shape index (κ2) is 4.12. The summed E-state index contributed by atoms with van der Waals surface area (Å²) in [6.45, 7) is 5.92. The second-order valence-electron chi connectivity index (χ2n) is 3.31. The predicted molar refractivity (Wildman–Crippen MR) is 51.3 cm³/mol. The largest absolute Gasteiger partial charge is 0.480 e. The molecule has 3 nitrogen and oxygen atoms in total. The van der Waals surface area contributed by atoms with Gasteiger partial charge in [0.2, 0.25) is 0 Å². The van der Waals surface area contributed by atoms with Gasteiger partial charge in [-0.1, -0.05) is 12.2 Å². The van der Waals surface area contributed by atoms with Crippen molar-refractivity contribution in [3.05, 3.63) is 23.4 Å². The number of hydrogen-bond donors (Lipinski definition) is 2. The van der Waals surface area contributed by atoms with Crippen molar-refractivity contribution in [2.75, 3.05) is 6.54 Å². The third-order valence-corrected chi connectivity index (χ3v) is 2.34. The number of carboxylic acid groups (broad SMARTS) is 1. The van der Waals surface area contributed by atoms with Gasteiger partial charge >= 0.3 is 5.97 Å². The summed E-state index contributed by atoms with van der Waals surface area (Å²) in [5.74, 6) is -0.823. The fourth-order valence-corrected chi connectivity index (χ4v) is 1.47. The zero-order valence-corrected chi connectivity index (χ0v) is 7.89. The minimum atomic E-state index is -0.823. The van der Waals surface area contributed by atoms with Gasteiger partial charge in [-0.3, -0.25) is 4.79 Å². The van der Waals surface area contributed by atoms with E-state index in [0.717, 1.165) is 36.1 Å². The fraction of sp³-hybridized carbons (Fsp3) is 0.500. The minimum Gasteiger partial charge on any atom is -0.480 e. The molecule has 0 radical (unpaired) electrons. The summed E-state index contributed by atoms with van der Waals surface area (Å²) in [6, 6.07) is 0. The van der Waals surface area contributed by atoms with Crippen LogP contribution < -0.4 is 5.32 Å². The van der Waals surface area contributed by atoms with Gasteiger partial charge in [-0.15, -0.1) is 0 Å². The Morgan fingerprint density at radius 1 is 1.62 bits per heavy atom. The van der Waals surface area contributed by atoms with Crippen LogP contribution in [-0.4, -0.2) is 17.6 Å². The molecule has 0 saturated heterocycles. The van der Waals surface area contributed by atoms with Crippen molar-refractivity contribution < 1.29 is 9.90 Å². The second-order valence-corrected chi connectivity index (χ2v) is 3.31. The van der Waals surface area contributed by atoms with Gasteiger partial charge < -0.3 is 10.4 Å².